The van der Waals surface area contributed by atoms with Gasteiger partial charge in [0.05, 0.1) is 36.4 Å². The normalized spacial score (nSPS) is 10.9. The topological polar surface area (TPSA) is 788 Å². The minimum atomic E-state index is -1.25. The van der Waals surface area contributed by atoms with Gasteiger partial charge in [0.15, 0.2) is 0 Å². The zero-order valence-corrected chi connectivity index (χ0v) is 69.4. The molecule has 3 radical (unpaired) electrons. The van der Waals surface area contributed by atoms with Gasteiger partial charge in [-0.3, -0.25) is 78.8 Å². The molecule has 0 aliphatic heterocycles. The molecule has 0 heterocycles. The summed E-state index contributed by atoms with van der Waals surface area (Å²) in [6, 6.07) is 3.69. The first-order chi connectivity index (χ1) is 54.7. The van der Waals surface area contributed by atoms with E-state index in [0.717, 1.165) is 24.0 Å². The van der Waals surface area contributed by atoms with Crippen LogP contribution < -0.4 is 139 Å². The number of carboxylic acid groups (broad SMARTS) is 2. The molecule has 20 amide bonds. The minimum Gasteiger partial charge on any atom is -0.512 e. The number of aldehydes is 1. The summed E-state index contributed by atoms with van der Waals surface area (Å²) in [4.78, 5) is 215. The van der Waals surface area contributed by atoms with Crippen molar-refractivity contribution in [1.29, 1.82) is 5.26 Å². The second-order valence-electron chi connectivity index (χ2n) is 23.3. The van der Waals surface area contributed by atoms with Crippen LogP contribution in [0.1, 0.15) is 149 Å². The molecule has 0 aromatic heterocycles. The van der Waals surface area contributed by atoms with E-state index in [1.165, 1.54) is 52.5 Å². The van der Waals surface area contributed by atoms with E-state index in [1.54, 1.807) is 24.3 Å². The van der Waals surface area contributed by atoms with Crippen molar-refractivity contribution < 1.29 is 146 Å². The molecule has 2 aromatic rings. The molecule has 0 aliphatic carbocycles. The van der Waals surface area contributed by atoms with Crippen molar-refractivity contribution in [1.82, 2.24) is 69.1 Å². The maximum atomic E-state index is 12.1. The second-order valence-corrected chi connectivity index (χ2v) is 23.3. The van der Waals surface area contributed by atoms with E-state index in [-0.39, 0.29) is 147 Å². The minimum absolute atomic E-state index is 0. The molecule has 661 valence electrons. The van der Waals surface area contributed by atoms with E-state index in [2.05, 4.69) is 85.5 Å². The van der Waals surface area contributed by atoms with Crippen molar-refractivity contribution in [2.45, 2.75) is 173 Å². The fourth-order valence-corrected chi connectivity index (χ4v) is 7.64. The largest absolute Gasteiger partial charge is 1.00 e. The SMILES string of the molecule is C.C=CCC.C=CCC.CNC(=O)[C@H](CCC(=O)NCC(O)CN)NC(=O)NC(=O)CCCc1ccc(C(=O)O)cc1.CNC(=O)[C@H](CCC(N)=O)NC(=O)NC(=O)CC=O.CNC(=O)[C@H](CCC(N)=O)NC(=O)NC(=O)CCCc1ccc(C(=O)O)cc1.CNC(=O)[C@H](CCC(N)=O)NC(=O)NC(=O)[C@@H](N)CO.NCC(O)CN.[B].[C-]#N.[Na+]. The molecule has 45 nitrogen and oxygen atoms in total. The number of nitrogens with two attached hydrogens (primary N) is 7. The van der Waals surface area contributed by atoms with Crippen LogP contribution in [0.3, 0.4) is 0 Å². The van der Waals surface area contributed by atoms with Gasteiger partial charge in [0, 0.05) is 101 Å². The van der Waals surface area contributed by atoms with Gasteiger partial charge < -0.3 is 130 Å². The van der Waals surface area contributed by atoms with Gasteiger partial charge in [-0.1, -0.05) is 57.7 Å². The Morgan fingerprint density at radius 1 is 0.462 bits per heavy atom. The summed E-state index contributed by atoms with van der Waals surface area (Å²) in [6.45, 7) is 15.7. The third kappa shape index (κ3) is 72.5. The summed E-state index contributed by atoms with van der Waals surface area (Å²) < 4.78 is 0. The summed E-state index contributed by atoms with van der Waals surface area (Å²) in [5, 5.41) is 79.3. The third-order valence-corrected chi connectivity index (χ3v) is 14.0. The molecule has 0 saturated carbocycles. The predicted molar refractivity (Wildman–Crippen MR) is 432 cm³/mol. The van der Waals surface area contributed by atoms with Crippen LogP contribution in [0.4, 0.5) is 19.2 Å². The van der Waals surface area contributed by atoms with Crippen LogP contribution in [0.2, 0.25) is 0 Å². The second kappa shape index (κ2) is 80.1. The van der Waals surface area contributed by atoms with Crippen LogP contribution in [0.25, 0.3) is 0 Å². The van der Waals surface area contributed by atoms with Gasteiger partial charge in [0.25, 0.3) is 0 Å². The van der Waals surface area contributed by atoms with Crippen LogP contribution in [0.15, 0.2) is 73.8 Å². The first-order valence-corrected chi connectivity index (χ1v) is 35.5. The molecule has 2 rings (SSSR count). The number of nitrogens with zero attached hydrogens (tertiary/aromatic N) is 1. The number of amides is 20. The summed E-state index contributed by atoms with van der Waals surface area (Å²) in [7, 11) is 5.47. The maximum Gasteiger partial charge on any atom is 1.00 e. The van der Waals surface area contributed by atoms with Crippen molar-refractivity contribution in [3.05, 3.63) is 103 Å². The number of likely N-dealkylation sites (N-methyl/N-ethyl adjacent to an activating group) is 4. The smallest absolute Gasteiger partial charge is 0.512 e. The van der Waals surface area contributed by atoms with Crippen molar-refractivity contribution in [3.63, 3.8) is 0 Å². The molecule has 0 saturated heterocycles. The Kier molecular flexibility index (Phi) is 84.5. The molecule has 47 heteroatoms. The Morgan fingerprint density at radius 2 is 0.739 bits per heavy atom. The number of benzene rings is 2. The van der Waals surface area contributed by atoms with Crippen LogP contribution >= 0.6 is 0 Å². The van der Waals surface area contributed by atoms with Crippen LogP contribution in [-0.4, -0.2) is 251 Å². The first-order valence-electron chi connectivity index (χ1n) is 35.5. The molecule has 0 spiro atoms. The molecule has 0 bridgehead atoms. The number of aliphatic hydroxyl groups is 3. The monoisotopic (exact) mass is 1700 g/mol. The summed E-state index contributed by atoms with van der Waals surface area (Å²) in [6.07, 6.45) is 6.07. The van der Waals surface area contributed by atoms with Gasteiger partial charge >= 0.3 is 65.6 Å². The van der Waals surface area contributed by atoms with Gasteiger partial charge in [0.1, 0.15) is 36.5 Å². The number of aromatic carboxylic acids is 2. The Bertz CT molecular complexity index is 3430. The van der Waals surface area contributed by atoms with Gasteiger partial charge in [-0.15, -0.1) is 13.2 Å². The number of allylic oxidation sites excluding steroid dienone is 2. The molecule has 1 unspecified atom stereocenters. The molecule has 0 fully saturated rings. The zero-order valence-electron chi connectivity index (χ0n) is 67.4. The van der Waals surface area contributed by atoms with Crippen molar-refractivity contribution in [2.75, 3.05) is 61.0 Å². The summed E-state index contributed by atoms with van der Waals surface area (Å²) in [5.74, 6) is -9.17. The number of rotatable bonds is 41. The van der Waals surface area contributed by atoms with E-state index in [0.29, 0.717) is 32.0 Å². The van der Waals surface area contributed by atoms with E-state index < -0.39 is 162 Å². The number of hydrogen-bond donors (Lipinski definition) is 25. The summed E-state index contributed by atoms with van der Waals surface area (Å²) >= 11 is 0. The number of aryl methyl sites for hydroxylation is 2. The van der Waals surface area contributed by atoms with Crippen LogP contribution in [0.5, 0.6) is 0 Å². The fourth-order valence-electron chi connectivity index (χ4n) is 7.64. The number of aliphatic hydroxyl groups excluding tert-OH is 3. The molecule has 32 N–H and O–H groups in total. The van der Waals surface area contributed by atoms with Crippen LogP contribution in [0, 0.1) is 11.8 Å². The molecular weight excluding hydrogens is 1580 g/mol. The molecule has 119 heavy (non-hydrogen) atoms. The molecular formula is C72H120BN21NaO24. The summed E-state index contributed by atoms with van der Waals surface area (Å²) in [5.41, 5.74) is 37.4. The van der Waals surface area contributed by atoms with E-state index in [4.69, 9.17) is 72.4 Å². The van der Waals surface area contributed by atoms with Crippen molar-refractivity contribution >= 4 is 122 Å². The Balaban J connectivity index is -0.000000184. The Hall–Kier alpha value is -11.7. The van der Waals surface area contributed by atoms with Gasteiger partial charge in [-0.05, 0) is 99.6 Å². The van der Waals surface area contributed by atoms with Crippen molar-refractivity contribution in [2.24, 2.45) is 40.1 Å². The van der Waals surface area contributed by atoms with Gasteiger partial charge in [-0.25, -0.2) is 28.8 Å². The average molecular weight is 1700 g/mol. The quantitative estimate of drug-likeness (QED) is 0.00966. The van der Waals surface area contributed by atoms with Crippen molar-refractivity contribution in [3.8, 4) is 0 Å². The standard InChI is InChI=1S/C21H31N5O7.C18H24N4O6.C10H19N5O5.C10H16N4O5.2C4H8.C3H10N2O.CN.CH4.B.Na/c1-23-19(30)16(9-10-17(28)24-12-15(27)11-22)25-21(33)26-18(29)4-2-3-13-5-7-14(8-6-13)20(31)32;1-20-16(25)13(9-10-14(19)23)21-18(28)22-15(24)4-2-3-11-5-7-12(8-6-11)17(26)27;1-13-9(19)6(2-3-7(12)17)14-10(20)15-8(18)5(11)4-16;1-12-9(18)6(2-3-7(11)16)13-10(19)14-8(17)4-5-15;2*1-3-4-2;4-1-3(6)2-5;1-2;;;/h5-8,15-16,27H,2-4,9-12,22H2,1H3,(H,23,30)(H,24,28)(H,31,32)(H2,25,26,29,33);5-8,13H,2-4,9-10H2,1H3,(H2,19,23)(H,20,25)(H,26,27)(H2,21,22,24,28);5-6,16H,2-4,11H2,1H3,(H2,12,17)(H,13,19)(H2,14,15,18,20);5-6H,2-4H2,1H3,(H2,11,16)(H,12,18)(H2,13,14,17,19);2*3H,1,4H2,2H3;3,6H,1-2,4-5H2;;1H4;;/q;;;;;;;-1;;;+1/t15?,16-;13-;5-,6-;6-;;;;;;;/m0000......./s1. The average Bonchev–Trinajstić information content (AvgIpc) is 0.857. The molecule has 0 aliphatic rings. The Morgan fingerprint density at radius 3 is 0.975 bits per heavy atom. The molecule has 2 aromatic carbocycles. The van der Waals surface area contributed by atoms with E-state index >= 15 is 0 Å². The van der Waals surface area contributed by atoms with Gasteiger partial charge in [0.2, 0.25) is 70.9 Å². The number of primary amides is 3. The maximum absolute atomic E-state index is 12.1. The number of hydrogen-bond acceptors (Lipinski definition) is 27. The number of carbonyl (C=O) groups excluding carboxylic acids is 17. The van der Waals surface area contributed by atoms with E-state index in [1.807, 2.05) is 22.8 Å². The molecule has 6 atom stereocenters. The number of imide groups is 4. The first kappa shape index (κ1) is 125. The number of carbonyl (C=O) groups is 19. The third-order valence-electron chi connectivity index (χ3n) is 14.0. The van der Waals surface area contributed by atoms with Gasteiger partial charge in [-0.2, -0.15) is 0 Å². The zero-order chi connectivity index (χ0) is 90.3. The number of nitrogens with one attached hydrogen (secondary N) is 13. The number of urea groups is 4. The fraction of sp³-hybridized carbons (Fsp3) is 0.500. The Labute approximate surface area is 715 Å². The van der Waals surface area contributed by atoms with Crippen LogP contribution in [-0.2, 0) is 75.2 Å². The predicted octanol–water partition coefficient (Wildman–Crippen LogP) is -8.14. The van der Waals surface area contributed by atoms with E-state index in [9.17, 15) is 96.2 Å². The number of carboxylic acids is 2.